The summed E-state index contributed by atoms with van der Waals surface area (Å²) in [6.45, 7) is 3.35. The normalized spacial score (nSPS) is 19.9. The third-order valence-corrected chi connectivity index (χ3v) is 3.20. The van der Waals surface area contributed by atoms with Crippen LogP contribution in [0.1, 0.15) is 5.56 Å². The van der Waals surface area contributed by atoms with E-state index in [4.69, 9.17) is 14.7 Å². The molecule has 0 radical (unpaired) electrons. The lowest BCUT2D eigenvalue weighted by molar-refractivity contribution is -0.0312. The van der Waals surface area contributed by atoms with Gasteiger partial charge in [0.25, 0.3) is 0 Å². The van der Waals surface area contributed by atoms with E-state index in [1.54, 1.807) is 12.1 Å². The zero-order chi connectivity index (χ0) is 13.5. The number of morpholine rings is 1. The van der Waals surface area contributed by atoms with Crippen LogP contribution in [0.2, 0.25) is 0 Å². The molecule has 0 bridgehead atoms. The van der Waals surface area contributed by atoms with Crippen molar-refractivity contribution in [2.45, 2.75) is 6.04 Å². The van der Waals surface area contributed by atoms with Crippen LogP contribution < -0.4 is 4.74 Å². The first-order chi connectivity index (χ1) is 9.35. The molecule has 5 nitrogen and oxygen atoms in total. The molecule has 1 N–H and O–H groups in total. The molecule has 1 aromatic carbocycles. The molecule has 0 aromatic heterocycles. The molecule has 19 heavy (non-hydrogen) atoms. The summed E-state index contributed by atoms with van der Waals surface area (Å²) in [5.41, 5.74) is 0.545. The van der Waals surface area contributed by atoms with Gasteiger partial charge >= 0.3 is 0 Å². The Morgan fingerprint density at radius 1 is 1.47 bits per heavy atom. The van der Waals surface area contributed by atoms with E-state index < -0.39 is 0 Å². The number of hydrogen-bond acceptors (Lipinski definition) is 5. The fourth-order valence-corrected chi connectivity index (χ4v) is 2.11. The van der Waals surface area contributed by atoms with Crippen LogP contribution in [-0.2, 0) is 4.74 Å². The van der Waals surface area contributed by atoms with Gasteiger partial charge in [-0.1, -0.05) is 12.1 Å². The minimum absolute atomic E-state index is 0.0450. The summed E-state index contributed by atoms with van der Waals surface area (Å²) in [4.78, 5) is 2.15. The highest BCUT2D eigenvalue weighted by molar-refractivity contribution is 5.42. The van der Waals surface area contributed by atoms with E-state index in [9.17, 15) is 5.11 Å². The molecule has 1 saturated heterocycles. The molecule has 1 fully saturated rings. The molecule has 0 spiro atoms. The maximum absolute atomic E-state index is 9.25. The summed E-state index contributed by atoms with van der Waals surface area (Å²) in [5, 5.41) is 18.2. The number of ether oxygens (including phenoxy) is 2. The number of para-hydroxylation sites is 1. The minimum Gasteiger partial charge on any atom is -0.491 e. The first-order valence-corrected chi connectivity index (χ1v) is 6.39. The third kappa shape index (κ3) is 3.67. The van der Waals surface area contributed by atoms with Crippen molar-refractivity contribution in [2.75, 3.05) is 39.5 Å². The van der Waals surface area contributed by atoms with Crippen molar-refractivity contribution in [2.24, 2.45) is 0 Å². The van der Waals surface area contributed by atoms with Gasteiger partial charge in [0.05, 0.1) is 31.4 Å². The number of nitriles is 1. The minimum atomic E-state index is 0.0450. The van der Waals surface area contributed by atoms with Crippen molar-refractivity contribution in [1.29, 1.82) is 5.26 Å². The van der Waals surface area contributed by atoms with Crippen LogP contribution in [-0.4, -0.2) is 55.6 Å². The predicted molar refractivity (Wildman–Crippen MR) is 69.9 cm³/mol. The Kier molecular flexibility index (Phi) is 5.16. The van der Waals surface area contributed by atoms with Crippen LogP contribution in [0, 0.1) is 11.3 Å². The Balaban J connectivity index is 1.84. The number of nitrogens with zero attached hydrogens (tertiary/aromatic N) is 2. The van der Waals surface area contributed by atoms with Crippen LogP contribution in [0.15, 0.2) is 24.3 Å². The number of rotatable bonds is 5. The highest BCUT2D eigenvalue weighted by Crippen LogP contribution is 2.16. The fraction of sp³-hybridized carbons (Fsp3) is 0.500. The molecule has 0 amide bonds. The highest BCUT2D eigenvalue weighted by atomic mass is 16.5. The Labute approximate surface area is 113 Å². The van der Waals surface area contributed by atoms with Gasteiger partial charge in [-0.2, -0.15) is 5.26 Å². The largest absolute Gasteiger partial charge is 0.491 e. The molecule has 0 saturated carbocycles. The second kappa shape index (κ2) is 7.10. The van der Waals surface area contributed by atoms with Crippen LogP contribution in [0.4, 0.5) is 0 Å². The summed E-state index contributed by atoms with van der Waals surface area (Å²) in [7, 11) is 0. The molecule has 1 unspecified atom stereocenters. The monoisotopic (exact) mass is 262 g/mol. The molecule has 1 aliphatic rings. The molecule has 1 aliphatic heterocycles. The van der Waals surface area contributed by atoms with E-state index >= 15 is 0 Å². The van der Waals surface area contributed by atoms with Crippen molar-refractivity contribution in [1.82, 2.24) is 4.90 Å². The maximum atomic E-state index is 9.25. The lowest BCUT2D eigenvalue weighted by Crippen LogP contribution is -2.48. The van der Waals surface area contributed by atoms with Gasteiger partial charge in [-0.25, -0.2) is 0 Å². The smallest absolute Gasteiger partial charge is 0.137 e. The molecule has 1 heterocycles. The molecule has 1 atom stereocenters. The van der Waals surface area contributed by atoms with Crippen LogP contribution in [0.25, 0.3) is 0 Å². The molecule has 102 valence electrons. The Morgan fingerprint density at radius 3 is 3.11 bits per heavy atom. The van der Waals surface area contributed by atoms with Gasteiger partial charge in [0.1, 0.15) is 18.4 Å². The summed E-state index contributed by atoms with van der Waals surface area (Å²) in [5.74, 6) is 0.610. The van der Waals surface area contributed by atoms with Crippen molar-refractivity contribution < 1.29 is 14.6 Å². The Bertz CT molecular complexity index is 445. The first kappa shape index (κ1) is 13.8. The van der Waals surface area contributed by atoms with Crippen LogP contribution >= 0.6 is 0 Å². The van der Waals surface area contributed by atoms with Gasteiger partial charge in [-0.15, -0.1) is 0 Å². The molecular weight excluding hydrogens is 244 g/mol. The van der Waals surface area contributed by atoms with Gasteiger partial charge in [-0.05, 0) is 12.1 Å². The number of hydrogen-bond donors (Lipinski definition) is 1. The standard InChI is InChI=1S/C14H18N2O3/c15-9-12-3-1-2-4-14(12)19-8-6-16-5-7-18-11-13(16)10-17/h1-4,13,17H,5-8,10-11H2. The summed E-state index contributed by atoms with van der Waals surface area (Å²) in [6, 6.07) is 9.34. The van der Waals surface area contributed by atoms with E-state index in [1.165, 1.54) is 0 Å². The number of aliphatic hydroxyl groups is 1. The maximum Gasteiger partial charge on any atom is 0.137 e. The van der Waals surface area contributed by atoms with Crippen LogP contribution in [0.3, 0.4) is 0 Å². The van der Waals surface area contributed by atoms with E-state index in [0.29, 0.717) is 37.7 Å². The summed E-state index contributed by atoms with van der Waals surface area (Å²) >= 11 is 0. The van der Waals surface area contributed by atoms with E-state index in [1.807, 2.05) is 12.1 Å². The summed E-state index contributed by atoms with van der Waals surface area (Å²) < 4.78 is 11.0. The number of aliphatic hydroxyl groups excluding tert-OH is 1. The lowest BCUT2D eigenvalue weighted by Gasteiger charge is -2.34. The van der Waals surface area contributed by atoms with Crippen LogP contribution in [0.5, 0.6) is 5.75 Å². The zero-order valence-corrected chi connectivity index (χ0v) is 10.8. The SMILES string of the molecule is N#Cc1ccccc1OCCN1CCOCC1CO. The van der Waals surface area contributed by atoms with Gasteiger partial charge in [0, 0.05) is 13.1 Å². The number of benzene rings is 1. The van der Waals surface area contributed by atoms with E-state index in [-0.39, 0.29) is 12.6 Å². The molecule has 0 aliphatic carbocycles. The zero-order valence-electron chi connectivity index (χ0n) is 10.8. The molecule has 5 heteroatoms. The van der Waals surface area contributed by atoms with Crippen molar-refractivity contribution in [3.05, 3.63) is 29.8 Å². The van der Waals surface area contributed by atoms with E-state index in [0.717, 1.165) is 6.54 Å². The molecular formula is C14H18N2O3. The van der Waals surface area contributed by atoms with Gasteiger partial charge in [0.15, 0.2) is 0 Å². The Hall–Kier alpha value is -1.61. The van der Waals surface area contributed by atoms with Crippen molar-refractivity contribution >= 4 is 0 Å². The second-order valence-electron chi connectivity index (χ2n) is 4.40. The van der Waals surface area contributed by atoms with Crippen molar-refractivity contribution in [3.63, 3.8) is 0 Å². The molecule has 1 aromatic rings. The van der Waals surface area contributed by atoms with Crippen molar-refractivity contribution in [3.8, 4) is 11.8 Å². The van der Waals surface area contributed by atoms with E-state index in [2.05, 4.69) is 11.0 Å². The second-order valence-corrected chi connectivity index (χ2v) is 4.40. The third-order valence-electron chi connectivity index (χ3n) is 3.20. The van der Waals surface area contributed by atoms with Gasteiger partial charge in [-0.3, -0.25) is 4.90 Å². The fourth-order valence-electron chi connectivity index (χ4n) is 2.11. The average molecular weight is 262 g/mol. The topological polar surface area (TPSA) is 65.7 Å². The average Bonchev–Trinajstić information content (AvgIpc) is 2.48. The highest BCUT2D eigenvalue weighted by Gasteiger charge is 2.21. The van der Waals surface area contributed by atoms with Gasteiger partial charge in [0.2, 0.25) is 0 Å². The first-order valence-electron chi connectivity index (χ1n) is 6.39. The lowest BCUT2D eigenvalue weighted by atomic mass is 10.2. The summed E-state index contributed by atoms with van der Waals surface area (Å²) in [6.07, 6.45) is 0. The predicted octanol–water partition coefficient (Wildman–Crippen LogP) is 0.630. The molecule has 2 rings (SSSR count). The van der Waals surface area contributed by atoms with Gasteiger partial charge < -0.3 is 14.6 Å². The Morgan fingerprint density at radius 2 is 2.32 bits per heavy atom. The quantitative estimate of drug-likeness (QED) is 0.843.